The number of halogens is 1. The van der Waals surface area contributed by atoms with E-state index >= 15 is 0 Å². The van der Waals surface area contributed by atoms with Crippen molar-refractivity contribution in [1.82, 2.24) is 4.98 Å². The Balaban J connectivity index is 2.62. The quantitative estimate of drug-likeness (QED) is 0.927. The highest BCUT2D eigenvalue weighted by atomic mass is 35.5. The van der Waals surface area contributed by atoms with Crippen LogP contribution in [0.2, 0.25) is 5.02 Å². The fourth-order valence-electron chi connectivity index (χ4n) is 2.39. The number of aryl methyl sites for hydroxylation is 3. The number of benzene rings is 1. The van der Waals surface area contributed by atoms with Gasteiger partial charge in [-0.05, 0) is 49.9 Å². The van der Waals surface area contributed by atoms with Crippen LogP contribution in [0.25, 0.3) is 10.9 Å². The normalized spacial score (nSPS) is 10.9. The summed E-state index contributed by atoms with van der Waals surface area (Å²) in [5.41, 5.74) is 4.88. The first-order valence-corrected chi connectivity index (χ1v) is 6.56. The number of pyridine rings is 1. The molecule has 0 bridgehead atoms. The van der Waals surface area contributed by atoms with Gasteiger partial charge < -0.3 is 5.11 Å². The van der Waals surface area contributed by atoms with Crippen molar-refractivity contribution in [2.75, 3.05) is 0 Å². The van der Waals surface area contributed by atoms with Gasteiger partial charge in [-0.3, -0.25) is 9.78 Å². The van der Waals surface area contributed by atoms with Crippen molar-refractivity contribution in [2.45, 2.75) is 33.6 Å². The monoisotopic (exact) mass is 277 g/mol. The number of rotatable bonds is 3. The number of hydrogen-bond donors (Lipinski definition) is 1. The molecule has 1 heterocycles. The van der Waals surface area contributed by atoms with Crippen molar-refractivity contribution in [1.29, 1.82) is 0 Å². The van der Waals surface area contributed by atoms with Crippen LogP contribution in [0.15, 0.2) is 12.1 Å². The molecular weight excluding hydrogens is 262 g/mol. The van der Waals surface area contributed by atoms with E-state index in [0.29, 0.717) is 11.4 Å². The third-order valence-electron chi connectivity index (χ3n) is 3.53. The van der Waals surface area contributed by atoms with Crippen molar-refractivity contribution < 1.29 is 9.90 Å². The van der Waals surface area contributed by atoms with E-state index in [1.807, 2.05) is 32.9 Å². The SMILES string of the molecule is Cc1nc2c(C)c(Cl)ccc2c(C)c1CCC(=O)O. The molecule has 1 aromatic heterocycles. The highest BCUT2D eigenvalue weighted by molar-refractivity contribution is 6.32. The van der Waals surface area contributed by atoms with Crippen LogP contribution in [0.3, 0.4) is 0 Å². The minimum Gasteiger partial charge on any atom is -0.481 e. The average Bonchev–Trinajstić information content (AvgIpc) is 2.34. The first-order chi connectivity index (χ1) is 8.91. The number of aromatic nitrogens is 1. The molecule has 0 amide bonds. The third kappa shape index (κ3) is 2.56. The zero-order valence-corrected chi connectivity index (χ0v) is 12.0. The summed E-state index contributed by atoms with van der Waals surface area (Å²) in [4.78, 5) is 15.3. The van der Waals surface area contributed by atoms with Crippen molar-refractivity contribution in [3.8, 4) is 0 Å². The molecule has 0 unspecified atom stereocenters. The zero-order valence-electron chi connectivity index (χ0n) is 11.2. The predicted molar refractivity (Wildman–Crippen MR) is 76.9 cm³/mol. The van der Waals surface area contributed by atoms with Gasteiger partial charge in [0.25, 0.3) is 0 Å². The van der Waals surface area contributed by atoms with Crippen LogP contribution < -0.4 is 0 Å². The van der Waals surface area contributed by atoms with Gasteiger partial charge in [-0.1, -0.05) is 17.7 Å². The summed E-state index contributed by atoms with van der Waals surface area (Å²) >= 11 is 6.12. The number of fused-ring (bicyclic) bond motifs is 1. The maximum atomic E-state index is 10.7. The van der Waals surface area contributed by atoms with Crippen LogP contribution in [-0.4, -0.2) is 16.1 Å². The third-order valence-corrected chi connectivity index (χ3v) is 3.94. The topological polar surface area (TPSA) is 50.2 Å². The fourth-order valence-corrected chi connectivity index (χ4v) is 2.54. The number of aliphatic carboxylic acids is 1. The smallest absolute Gasteiger partial charge is 0.303 e. The van der Waals surface area contributed by atoms with E-state index in [0.717, 1.165) is 33.3 Å². The van der Waals surface area contributed by atoms with Gasteiger partial charge in [0.2, 0.25) is 0 Å². The Labute approximate surface area is 117 Å². The number of carboxylic acid groups (broad SMARTS) is 1. The van der Waals surface area contributed by atoms with Crippen molar-refractivity contribution in [3.63, 3.8) is 0 Å². The van der Waals surface area contributed by atoms with Gasteiger partial charge in [-0.15, -0.1) is 0 Å². The molecule has 0 fully saturated rings. The molecule has 0 saturated heterocycles. The molecule has 0 spiro atoms. The molecule has 2 aromatic rings. The van der Waals surface area contributed by atoms with E-state index in [1.165, 1.54) is 0 Å². The lowest BCUT2D eigenvalue weighted by Crippen LogP contribution is -2.04. The van der Waals surface area contributed by atoms with E-state index in [4.69, 9.17) is 16.7 Å². The van der Waals surface area contributed by atoms with Gasteiger partial charge in [0.15, 0.2) is 0 Å². The van der Waals surface area contributed by atoms with Crippen LogP contribution in [0.5, 0.6) is 0 Å². The van der Waals surface area contributed by atoms with E-state index in [-0.39, 0.29) is 6.42 Å². The molecule has 100 valence electrons. The average molecular weight is 278 g/mol. The second-order valence-electron chi connectivity index (χ2n) is 4.76. The maximum absolute atomic E-state index is 10.7. The van der Waals surface area contributed by atoms with Crippen LogP contribution in [0, 0.1) is 20.8 Å². The first kappa shape index (κ1) is 13.8. The number of carbonyl (C=O) groups is 1. The van der Waals surface area contributed by atoms with E-state index in [1.54, 1.807) is 0 Å². The zero-order chi connectivity index (χ0) is 14.2. The van der Waals surface area contributed by atoms with Crippen LogP contribution in [0.4, 0.5) is 0 Å². The Bertz CT molecular complexity index is 665. The van der Waals surface area contributed by atoms with Crippen LogP contribution in [0.1, 0.15) is 28.8 Å². The summed E-state index contributed by atoms with van der Waals surface area (Å²) in [7, 11) is 0. The first-order valence-electron chi connectivity index (χ1n) is 6.18. The van der Waals surface area contributed by atoms with E-state index in [9.17, 15) is 4.79 Å². The minimum absolute atomic E-state index is 0.126. The van der Waals surface area contributed by atoms with Gasteiger partial charge in [0.05, 0.1) is 5.52 Å². The molecule has 1 N–H and O–H groups in total. The highest BCUT2D eigenvalue weighted by Crippen LogP contribution is 2.29. The standard InChI is InChI=1S/C15H16ClNO2/c1-8-11(5-7-14(18)19)10(3)17-15-9(2)13(16)6-4-12(8)15/h4,6H,5,7H2,1-3H3,(H,18,19). The number of hydrogen-bond acceptors (Lipinski definition) is 2. The van der Waals surface area contributed by atoms with Crippen LogP contribution in [-0.2, 0) is 11.2 Å². The molecule has 0 aliphatic carbocycles. The summed E-state index contributed by atoms with van der Waals surface area (Å²) < 4.78 is 0. The Morgan fingerprint density at radius 3 is 2.58 bits per heavy atom. The van der Waals surface area contributed by atoms with E-state index in [2.05, 4.69) is 4.98 Å². The summed E-state index contributed by atoms with van der Waals surface area (Å²) in [6.07, 6.45) is 0.638. The minimum atomic E-state index is -0.786. The van der Waals surface area contributed by atoms with Crippen molar-refractivity contribution >= 4 is 28.5 Å². The molecule has 0 aliphatic heterocycles. The molecule has 2 rings (SSSR count). The second-order valence-corrected chi connectivity index (χ2v) is 5.17. The molecule has 0 saturated carbocycles. The Kier molecular flexibility index (Phi) is 3.76. The summed E-state index contributed by atoms with van der Waals surface area (Å²) in [5, 5.41) is 10.6. The van der Waals surface area contributed by atoms with Gasteiger partial charge in [0, 0.05) is 22.5 Å². The van der Waals surface area contributed by atoms with Gasteiger partial charge >= 0.3 is 5.97 Å². The summed E-state index contributed by atoms with van der Waals surface area (Å²) in [5.74, 6) is -0.786. The number of carboxylic acids is 1. The molecule has 0 atom stereocenters. The molecule has 19 heavy (non-hydrogen) atoms. The highest BCUT2D eigenvalue weighted by Gasteiger charge is 2.13. The van der Waals surface area contributed by atoms with Gasteiger partial charge in [-0.2, -0.15) is 0 Å². The molecule has 3 nitrogen and oxygen atoms in total. The second kappa shape index (κ2) is 5.17. The lowest BCUT2D eigenvalue weighted by atomic mass is 9.97. The Morgan fingerprint density at radius 1 is 1.26 bits per heavy atom. The lowest BCUT2D eigenvalue weighted by Gasteiger charge is -2.13. The predicted octanol–water partition coefficient (Wildman–Crippen LogP) is 3.83. The largest absolute Gasteiger partial charge is 0.481 e. The van der Waals surface area contributed by atoms with E-state index < -0.39 is 5.97 Å². The van der Waals surface area contributed by atoms with Crippen molar-refractivity contribution in [2.24, 2.45) is 0 Å². The molecule has 1 aromatic carbocycles. The fraction of sp³-hybridized carbons (Fsp3) is 0.333. The molecule has 0 radical (unpaired) electrons. The maximum Gasteiger partial charge on any atom is 0.303 e. The van der Waals surface area contributed by atoms with Crippen molar-refractivity contribution in [3.05, 3.63) is 39.5 Å². The van der Waals surface area contributed by atoms with Crippen LogP contribution >= 0.6 is 11.6 Å². The van der Waals surface area contributed by atoms with Gasteiger partial charge in [-0.25, -0.2) is 0 Å². The lowest BCUT2D eigenvalue weighted by molar-refractivity contribution is -0.136. The number of nitrogens with zero attached hydrogens (tertiary/aromatic N) is 1. The Hall–Kier alpha value is -1.61. The summed E-state index contributed by atoms with van der Waals surface area (Å²) in [6, 6.07) is 3.82. The Morgan fingerprint density at radius 2 is 1.95 bits per heavy atom. The molecule has 4 heteroatoms. The summed E-state index contributed by atoms with van der Waals surface area (Å²) in [6.45, 7) is 5.89. The molecular formula is C15H16ClNO2. The molecule has 0 aliphatic rings. The van der Waals surface area contributed by atoms with Gasteiger partial charge in [0.1, 0.15) is 0 Å².